The van der Waals surface area contributed by atoms with E-state index in [2.05, 4.69) is 19.9 Å². The van der Waals surface area contributed by atoms with Crippen molar-refractivity contribution in [2.75, 3.05) is 7.11 Å². The van der Waals surface area contributed by atoms with Crippen LogP contribution < -0.4 is 9.47 Å². The highest BCUT2D eigenvalue weighted by Crippen LogP contribution is 2.26. The van der Waals surface area contributed by atoms with Gasteiger partial charge in [-0.1, -0.05) is 76.8 Å². The van der Waals surface area contributed by atoms with Crippen molar-refractivity contribution in [3.8, 4) is 11.6 Å². The summed E-state index contributed by atoms with van der Waals surface area (Å²) < 4.78 is 109. The molecule has 0 aliphatic heterocycles. The molecule has 18 heteroatoms. The zero-order valence-electron chi connectivity index (χ0n) is 26.5. The summed E-state index contributed by atoms with van der Waals surface area (Å²) in [4.78, 5) is 14.4. The number of aromatic nitrogens is 4. The van der Waals surface area contributed by atoms with Gasteiger partial charge in [0.05, 0.1) is 13.7 Å². The number of methoxy groups -OCH3 is 1. The predicted molar refractivity (Wildman–Crippen MR) is 171 cm³/mol. The van der Waals surface area contributed by atoms with E-state index in [1.807, 2.05) is 55.5 Å². The second-order valence-corrected chi connectivity index (χ2v) is 11.4. The zero-order chi connectivity index (χ0) is 37.5. The van der Waals surface area contributed by atoms with Gasteiger partial charge in [0.1, 0.15) is 24.0 Å². The van der Waals surface area contributed by atoms with Gasteiger partial charge in [-0.2, -0.15) is 35.7 Å². The molecule has 0 saturated heterocycles. The molecule has 7 nitrogen and oxygen atoms in total. The van der Waals surface area contributed by atoms with Gasteiger partial charge in [0.15, 0.2) is 21.3 Å². The van der Waals surface area contributed by atoms with Crippen molar-refractivity contribution in [3.63, 3.8) is 0 Å². The second-order valence-electron chi connectivity index (χ2n) is 10.3. The van der Waals surface area contributed by atoms with Gasteiger partial charge in [-0.05, 0) is 43.0 Å². The van der Waals surface area contributed by atoms with Crippen LogP contribution in [0.5, 0.6) is 11.6 Å². The molecule has 1 N–H and O–H groups in total. The van der Waals surface area contributed by atoms with E-state index in [1.54, 1.807) is 7.11 Å². The van der Waals surface area contributed by atoms with E-state index in [0.29, 0.717) is 0 Å². The van der Waals surface area contributed by atoms with Crippen LogP contribution in [0.1, 0.15) is 54.0 Å². The number of nitrogens with zero attached hydrogens (tertiary/aromatic N) is 4. The van der Waals surface area contributed by atoms with Crippen molar-refractivity contribution in [2.24, 2.45) is 0 Å². The minimum absolute atomic E-state index is 0.000602. The maximum absolute atomic E-state index is 13.9. The maximum atomic E-state index is 13.9. The lowest BCUT2D eigenvalue weighted by Gasteiger charge is -2.10. The zero-order valence-corrected chi connectivity index (χ0v) is 28.8. The van der Waals surface area contributed by atoms with Crippen LogP contribution in [0.2, 0.25) is 15.5 Å². The van der Waals surface area contributed by atoms with E-state index in [9.17, 15) is 35.1 Å². The maximum Gasteiger partial charge on any atom is 0.389 e. The van der Waals surface area contributed by atoms with Crippen molar-refractivity contribution < 1.29 is 49.7 Å². The van der Waals surface area contributed by atoms with E-state index in [4.69, 9.17) is 49.4 Å². The minimum Gasteiger partial charge on any atom is -0.497 e. The van der Waals surface area contributed by atoms with Gasteiger partial charge in [-0.3, -0.25) is 0 Å². The normalized spacial score (nSPS) is 11.2. The largest absolute Gasteiger partial charge is 0.497 e. The number of hydrogen-bond acceptors (Lipinski definition) is 7. The molecule has 2 aromatic carbocycles. The first kappa shape index (κ1) is 42.6. The monoisotopic (exact) mass is 776 g/mol. The van der Waals surface area contributed by atoms with Crippen LogP contribution in [-0.4, -0.2) is 44.5 Å². The quantitative estimate of drug-likeness (QED) is 0.120. The molecule has 0 amide bonds. The lowest BCUT2D eigenvalue weighted by molar-refractivity contribution is -0.136. The molecule has 0 bridgehead atoms. The molecule has 0 fully saturated rings. The molecule has 0 saturated carbocycles. The van der Waals surface area contributed by atoms with Gasteiger partial charge < -0.3 is 14.6 Å². The van der Waals surface area contributed by atoms with Gasteiger partial charge >= 0.3 is 12.4 Å². The third kappa shape index (κ3) is 16.5. The van der Waals surface area contributed by atoms with Crippen LogP contribution in [-0.2, 0) is 26.1 Å². The predicted octanol–water partition coefficient (Wildman–Crippen LogP) is 10.0. The number of halogens is 11. The highest BCUT2D eigenvalue weighted by atomic mass is 35.5. The van der Waals surface area contributed by atoms with Gasteiger partial charge in [-0.15, -0.1) is 0 Å². The Balaban J connectivity index is 0.000000286. The first-order valence-corrected chi connectivity index (χ1v) is 15.7. The number of aliphatic hydroxyl groups is 1. The molecule has 0 spiro atoms. The first-order chi connectivity index (χ1) is 23.4. The number of aryl methyl sites for hydroxylation is 3. The van der Waals surface area contributed by atoms with E-state index in [-0.39, 0.29) is 56.4 Å². The summed E-state index contributed by atoms with van der Waals surface area (Å²) >= 11 is 16.4. The highest BCUT2D eigenvalue weighted by molar-refractivity contribution is 6.33. The number of ether oxygens (including phenoxy) is 2. The summed E-state index contributed by atoms with van der Waals surface area (Å²) in [6.45, 7) is 2.08. The molecule has 4 rings (SSSR count). The summed E-state index contributed by atoms with van der Waals surface area (Å²) in [6.07, 6.45) is -10.9. The van der Waals surface area contributed by atoms with Crippen molar-refractivity contribution in [3.05, 3.63) is 104 Å². The Kier molecular flexibility index (Phi) is 17.4. The summed E-state index contributed by atoms with van der Waals surface area (Å²) in [6, 6.07) is 14.7. The Morgan fingerprint density at radius 3 is 1.54 bits per heavy atom. The highest BCUT2D eigenvalue weighted by Gasteiger charge is 2.27. The van der Waals surface area contributed by atoms with Gasteiger partial charge in [-0.25, -0.2) is 19.3 Å². The number of rotatable bonds is 11. The summed E-state index contributed by atoms with van der Waals surface area (Å²) in [7, 11) is 1.62. The van der Waals surface area contributed by atoms with E-state index < -0.39 is 52.3 Å². The molecule has 2 aromatic heterocycles. The number of alkyl halides is 6. The topological polar surface area (TPSA) is 90.2 Å². The Morgan fingerprint density at radius 2 is 1.10 bits per heavy atom. The fourth-order valence-electron chi connectivity index (χ4n) is 3.66. The number of benzene rings is 2. The fraction of sp³-hybridized carbons (Fsp3) is 0.375. The standard InChI is InChI=1S/C16H15ClF4N2O.C8H6Cl2F4N2.C8H10O2/c1-10-4-6-11(7-5-10)9-24-15-13(18)14(17)22-12(23-15)3-2-8-16(19,20)21;9-6-5(11)7(10)16-4(15-6)2-1-3-8(12,13)14;1-10-8-4-2-7(6-9)3-5-8/h4-7H,2-3,8-9H2,1H3;1-3H2;2-5,9H,6H2,1H3. The third-order valence-corrected chi connectivity index (χ3v) is 6.95. The molecule has 4 aromatic rings. The molecule has 0 aliphatic carbocycles. The molecule has 0 unspecified atom stereocenters. The van der Waals surface area contributed by atoms with Crippen LogP contribution in [0, 0.1) is 18.6 Å². The average Bonchev–Trinajstić information content (AvgIpc) is 3.04. The van der Waals surface area contributed by atoms with Crippen LogP contribution in [0.25, 0.3) is 0 Å². The Bertz CT molecular complexity index is 1580. The molecular formula is C32H31Cl3F8N4O3. The van der Waals surface area contributed by atoms with Crippen molar-refractivity contribution in [1.82, 2.24) is 19.9 Å². The van der Waals surface area contributed by atoms with Crippen molar-refractivity contribution in [2.45, 2.75) is 71.0 Å². The lowest BCUT2D eigenvalue weighted by Crippen LogP contribution is -2.09. The summed E-state index contributed by atoms with van der Waals surface area (Å²) in [5, 5.41) is 7.23. The van der Waals surface area contributed by atoms with Gasteiger partial charge in [0.25, 0.3) is 5.88 Å². The lowest BCUT2D eigenvalue weighted by atomic mass is 10.2. The molecule has 0 radical (unpaired) electrons. The van der Waals surface area contributed by atoms with E-state index >= 15 is 0 Å². The first-order valence-electron chi connectivity index (χ1n) is 14.6. The summed E-state index contributed by atoms with van der Waals surface area (Å²) in [5.41, 5.74) is 2.77. The number of hydrogen-bond donors (Lipinski definition) is 1. The SMILES string of the molecule is COc1ccc(CO)cc1.Cc1ccc(COc2nc(CCCC(F)(F)F)nc(Cl)c2F)cc1.Fc1c(Cl)nc(CCCC(F)(F)F)nc1Cl. The molecule has 0 atom stereocenters. The van der Waals surface area contributed by atoms with Gasteiger partial charge in [0, 0.05) is 25.7 Å². The Morgan fingerprint density at radius 1 is 0.660 bits per heavy atom. The Labute approximate surface area is 297 Å². The van der Waals surface area contributed by atoms with Crippen molar-refractivity contribution >= 4 is 34.8 Å². The smallest absolute Gasteiger partial charge is 0.389 e. The average molecular weight is 778 g/mol. The summed E-state index contributed by atoms with van der Waals surface area (Å²) in [5.74, 6) is -1.42. The van der Waals surface area contributed by atoms with E-state index in [1.165, 1.54) is 0 Å². The van der Waals surface area contributed by atoms with Crippen LogP contribution in [0.3, 0.4) is 0 Å². The molecule has 274 valence electrons. The van der Waals surface area contributed by atoms with Crippen molar-refractivity contribution in [1.29, 1.82) is 0 Å². The number of aliphatic hydroxyl groups excluding tert-OH is 1. The molecule has 50 heavy (non-hydrogen) atoms. The fourth-order valence-corrected chi connectivity index (χ4v) is 4.26. The molecule has 2 heterocycles. The van der Waals surface area contributed by atoms with Crippen LogP contribution in [0.15, 0.2) is 48.5 Å². The third-order valence-electron chi connectivity index (χ3n) is 6.20. The minimum atomic E-state index is -4.26. The molecular weight excluding hydrogens is 747 g/mol. The van der Waals surface area contributed by atoms with Gasteiger partial charge in [0.2, 0.25) is 5.82 Å². The Hall–Kier alpha value is -3.53. The second kappa shape index (κ2) is 20.4. The van der Waals surface area contributed by atoms with E-state index in [0.717, 1.165) is 22.4 Å². The molecule has 0 aliphatic rings. The van der Waals surface area contributed by atoms with Crippen LogP contribution >= 0.6 is 34.8 Å². The van der Waals surface area contributed by atoms with Crippen LogP contribution in [0.4, 0.5) is 35.1 Å².